The molecule has 1 aliphatic heterocycles. The highest BCUT2D eigenvalue weighted by atomic mass is 16.1. The first-order valence-electron chi connectivity index (χ1n) is 10.4. The molecule has 4 rings (SSSR count). The maximum atomic E-state index is 12.6. The molecule has 1 saturated carbocycles. The van der Waals surface area contributed by atoms with Crippen molar-refractivity contribution < 1.29 is 4.79 Å². The fraction of sp³-hybridized carbons (Fsp3) is 0.500. The molecular formula is C22H29N5O. The maximum absolute atomic E-state index is 12.6. The Morgan fingerprint density at radius 1 is 1.00 bits per heavy atom. The average Bonchev–Trinajstić information content (AvgIpc) is 2.76. The molecule has 1 N–H and O–H groups in total. The number of carbonyl (C=O) groups excluding carboxylic acids is 1. The predicted molar refractivity (Wildman–Crippen MR) is 110 cm³/mol. The van der Waals surface area contributed by atoms with Gasteiger partial charge in [-0.05, 0) is 18.4 Å². The quantitative estimate of drug-likeness (QED) is 0.866. The zero-order chi connectivity index (χ0) is 19.2. The molecule has 1 amide bonds. The monoisotopic (exact) mass is 379 g/mol. The van der Waals surface area contributed by atoms with Crippen LogP contribution in [0.4, 0.5) is 5.82 Å². The molecule has 0 atom stereocenters. The van der Waals surface area contributed by atoms with E-state index in [1.54, 1.807) is 0 Å². The highest BCUT2D eigenvalue weighted by Crippen LogP contribution is 2.19. The minimum atomic E-state index is -0.0711. The summed E-state index contributed by atoms with van der Waals surface area (Å²) < 4.78 is 0. The summed E-state index contributed by atoms with van der Waals surface area (Å²) in [6.07, 6.45) is 7.35. The molecule has 0 unspecified atom stereocenters. The molecule has 2 aliphatic rings. The van der Waals surface area contributed by atoms with E-state index >= 15 is 0 Å². The Bertz CT molecular complexity index is 768. The Morgan fingerprint density at radius 2 is 1.75 bits per heavy atom. The van der Waals surface area contributed by atoms with Crippen molar-refractivity contribution in [3.05, 3.63) is 54.0 Å². The highest BCUT2D eigenvalue weighted by Gasteiger charge is 2.21. The van der Waals surface area contributed by atoms with E-state index in [1.807, 2.05) is 6.07 Å². The minimum Gasteiger partial charge on any atom is -0.354 e. The zero-order valence-corrected chi connectivity index (χ0v) is 16.4. The van der Waals surface area contributed by atoms with Crippen molar-refractivity contribution in [3.63, 3.8) is 0 Å². The number of aromatic nitrogens is 2. The largest absolute Gasteiger partial charge is 0.354 e. The van der Waals surface area contributed by atoms with Gasteiger partial charge in [0.1, 0.15) is 17.8 Å². The molecule has 0 spiro atoms. The fourth-order valence-electron chi connectivity index (χ4n) is 4.13. The highest BCUT2D eigenvalue weighted by molar-refractivity contribution is 5.93. The second kappa shape index (κ2) is 9.15. The van der Waals surface area contributed by atoms with Crippen LogP contribution in [0.25, 0.3) is 0 Å². The summed E-state index contributed by atoms with van der Waals surface area (Å²) in [6.45, 7) is 4.78. The number of amides is 1. The summed E-state index contributed by atoms with van der Waals surface area (Å²) in [5.41, 5.74) is 1.82. The third-order valence-electron chi connectivity index (χ3n) is 5.77. The van der Waals surface area contributed by atoms with Gasteiger partial charge in [0.05, 0.1) is 0 Å². The summed E-state index contributed by atoms with van der Waals surface area (Å²) in [6, 6.07) is 12.7. The first kappa shape index (κ1) is 18.9. The number of hydrogen-bond donors (Lipinski definition) is 1. The van der Waals surface area contributed by atoms with E-state index in [4.69, 9.17) is 0 Å². The van der Waals surface area contributed by atoms with Crippen LogP contribution in [0.2, 0.25) is 0 Å². The van der Waals surface area contributed by atoms with Crippen molar-refractivity contribution in [2.75, 3.05) is 31.1 Å². The molecule has 6 nitrogen and oxygen atoms in total. The third-order valence-corrected chi connectivity index (χ3v) is 5.77. The summed E-state index contributed by atoms with van der Waals surface area (Å²) in [4.78, 5) is 25.9. The van der Waals surface area contributed by atoms with Crippen molar-refractivity contribution in [1.82, 2.24) is 20.2 Å². The Balaban J connectivity index is 1.32. The standard InChI is InChI=1S/C22H29N5O/c28-22(25-19-9-5-2-6-10-19)20-15-21(24-17-23-20)27-13-11-26(12-14-27)16-18-7-3-1-4-8-18/h1,3-4,7-8,15,17,19H,2,5-6,9-14,16H2,(H,25,28). The second-order valence-electron chi connectivity index (χ2n) is 7.82. The van der Waals surface area contributed by atoms with Gasteiger partial charge >= 0.3 is 0 Å². The molecule has 1 aromatic carbocycles. The Kier molecular flexibility index (Phi) is 6.17. The molecule has 1 aliphatic carbocycles. The van der Waals surface area contributed by atoms with Gasteiger partial charge in [0.25, 0.3) is 5.91 Å². The molecule has 6 heteroatoms. The van der Waals surface area contributed by atoms with Crippen molar-refractivity contribution >= 4 is 11.7 Å². The summed E-state index contributed by atoms with van der Waals surface area (Å²) in [5, 5.41) is 3.14. The van der Waals surface area contributed by atoms with Crippen LogP contribution >= 0.6 is 0 Å². The number of hydrogen-bond acceptors (Lipinski definition) is 5. The number of piperazine rings is 1. The van der Waals surface area contributed by atoms with Gasteiger partial charge < -0.3 is 10.2 Å². The lowest BCUT2D eigenvalue weighted by molar-refractivity contribution is 0.0922. The molecule has 0 radical (unpaired) electrons. The lowest BCUT2D eigenvalue weighted by atomic mass is 9.95. The van der Waals surface area contributed by atoms with E-state index in [2.05, 4.69) is 55.4 Å². The van der Waals surface area contributed by atoms with Gasteiger partial charge in [-0.1, -0.05) is 49.6 Å². The van der Waals surface area contributed by atoms with Crippen LogP contribution in [0.1, 0.15) is 48.2 Å². The normalized spacial score (nSPS) is 18.8. The molecule has 2 aromatic rings. The number of carbonyl (C=O) groups is 1. The van der Waals surface area contributed by atoms with Crippen LogP contribution in [0.15, 0.2) is 42.7 Å². The van der Waals surface area contributed by atoms with E-state index in [-0.39, 0.29) is 5.91 Å². The summed E-state index contributed by atoms with van der Waals surface area (Å²) in [5.74, 6) is 0.779. The van der Waals surface area contributed by atoms with Gasteiger partial charge in [-0.15, -0.1) is 0 Å². The average molecular weight is 380 g/mol. The van der Waals surface area contributed by atoms with Crippen LogP contribution < -0.4 is 10.2 Å². The zero-order valence-electron chi connectivity index (χ0n) is 16.4. The van der Waals surface area contributed by atoms with E-state index in [0.29, 0.717) is 11.7 Å². The van der Waals surface area contributed by atoms with Crippen LogP contribution in [-0.2, 0) is 6.54 Å². The van der Waals surface area contributed by atoms with Crippen LogP contribution in [0.3, 0.4) is 0 Å². The SMILES string of the molecule is O=C(NC1CCCCC1)c1cc(N2CCN(Cc3ccccc3)CC2)ncn1. The number of rotatable bonds is 5. The van der Waals surface area contributed by atoms with Gasteiger partial charge in [-0.2, -0.15) is 0 Å². The maximum Gasteiger partial charge on any atom is 0.270 e. The van der Waals surface area contributed by atoms with Crippen molar-refractivity contribution in [1.29, 1.82) is 0 Å². The van der Waals surface area contributed by atoms with E-state index in [9.17, 15) is 4.79 Å². The van der Waals surface area contributed by atoms with Gasteiger partial charge in [0, 0.05) is 44.8 Å². The van der Waals surface area contributed by atoms with Gasteiger partial charge in [-0.3, -0.25) is 9.69 Å². The number of benzene rings is 1. The van der Waals surface area contributed by atoms with Crippen molar-refractivity contribution in [3.8, 4) is 0 Å². The Morgan fingerprint density at radius 3 is 2.50 bits per heavy atom. The molecule has 0 bridgehead atoms. The smallest absolute Gasteiger partial charge is 0.270 e. The Hall–Kier alpha value is -2.47. The molecule has 1 saturated heterocycles. The van der Waals surface area contributed by atoms with Gasteiger partial charge in [0.2, 0.25) is 0 Å². The van der Waals surface area contributed by atoms with E-state index in [0.717, 1.165) is 51.4 Å². The predicted octanol–water partition coefficient (Wildman–Crippen LogP) is 2.86. The first-order chi connectivity index (χ1) is 13.8. The third kappa shape index (κ3) is 4.87. The topological polar surface area (TPSA) is 61.4 Å². The van der Waals surface area contributed by atoms with Gasteiger partial charge in [-0.25, -0.2) is 9.97 Å². The van der Waals surface area contributed by atoms with Crippen LogP contribution in [0.5, 0.6) is 0 Å². The fourth-order valence-corrected chi connectivity index (χ4v) is 4.13. The minimum absolute atomic E-state index is 0.0711. The summed E-state index contributed by atoms with van der Waals surface area (Å²) in [7, 11) is 0. The summed E-state index contributed by atoms with van der Waals surface area (Å²) >= 11 is 0. The molecule has 2 heterocycles. The molecule has 28 heavy (non-hydrogen) atoms. The van der Waals surface area contributed by atoms with Gasteiger partial charge in [0.15, 0.2) is 0 Å². The lowest BCUT2D eigenvalue weighted by Gasteiger charge is -2.35. The van der Waals surface area contributed by atoms with Crippen LogP contribution in [-0.4, -0.2) is 53.0 Å². The van der Waals surface area contributed by atoms with Crippen molar-refractivity contribution in [2.45, 2.75) is 44.7 Å². The Labute approximate surface area is 167 Å². The van der Waals surface area contributed by atoms with E-state index < -0.39 is 0 Å². The van der Waals surface area contributed by atoms with Crippen LogP contribution in [0, 0.1) is 0 Å². The number of anilines is 1. The number of nitrogens with one attached hydrogen (secondary N) is 1. The number of nitrogens with zero attached hydrogens (tertiary/aromatic N) is 4. The molecular weight excluding hydrogens is 350 g/mol. The lowest BCUT2D eigenvalue weighted by Crippen LogP contribution is -2.46. The molecule has 1 aromatic heterocycles. The van der Waals surface area contributed by atoms with Crippen molar-refractivity contribution in [2.24, 2.45) is 0 Å². The molecule has 148 valence electrons. The second-order valence-corrected chi connectivity index (χ2v) is 7.82. The first-order valence-corrected chi connectivity index (χ1v) is 10.4. The molecule has 2 fully saturated rings. The van der Waals surface area contributed by atoms with E-state index in [1.165, 1.54) is 31.2 Å².